The van der Waals surface area contributed by atoms with Crippen molar-refractivity contribution >= 4 is 25.8 Å². The van der Waals surface area contributed by atoms with Gasteiger partial charge in [-0.15, -0.1) is 0 Å². The average Bonchev–Trinajstić information content (AvgIpc) is 2.93. The third-order valence-corrected chi connectivity index (χ3v) is 9.22. The minimum Gasteiger partial charge on any atom is -0.409 e. The molecular weight excluding hydrogens is 543 g/mol. The van der Waals surface area contributed by atoms with Crippen LogP contribution in [-0.4, -0.2) is 32.6 Å². The summed E-state index contributed by atoms with van der Waals surface area (Å²) in [5.74, 6) is -0.414. The normalized spacial score (nSPS) is 12.8. The molecule has 9 heteroatoms. The fraction of sp³-hybridized carbons (Fsp3) is 0.250. The van der Waals surface area contributed by atoms with Crippen molar-refractivity contribution in [1.82, 2.24) is 10.3 Å². The van der Waals surface area contributed by atoms with E-state index in [1.165, 1.54) is 24.4 Å². The Morgan fingerprint density at radius 3 is 2.22 bits per heavy atom. The van der Waals surface area contributed by atoms with E-state index in [1.807, 2.05) is 37.3 Å². The molecule has 1 heterocycles. The van der Waals surface area contributed by atoms with E-state index >= 15 is 0 Å². The maximum Gasteiger partial charge on any atom is 0.416 e. The van der Waals surface area contributed by atoms with Crippen molar-refractivity contribution in [2.24, 2.45) is 0 Å². The van der Waals surface area contributed by atoms with Crippen molar-refractivity contribution in [3.8, 4) is 22.4 Å². The lowest BCUT2D eigenvalue weighted by Crippen LogP contribution is -2.46. The number of hydrogen-bond donors (Lipinski definition) is 2. The van der Waals surface area contributed by atoms with Gasteiger partial charge in [0, 0.05) is 11.6 Å². The van der Waals surface area contributed by atoms with Crippen LogP contribution in [0.15, 0.2) is 91.1 Å². The maximum atomic E-state index is 13.2. The van der Waals surface area contributed by atoms with Gasteiger partial charge < -0.3 is 15.5 Å². The van der Waals surface area contributed by atoms with Gasteiger partial charge in [-0.3, -0.25) is 9.78 Å². The molecule has 213 valence electrons. The summed E-state index contributed by atoms with van der Waals surface area (Å²) in [6.07, 6.45) is -3.10. The summed E-state index contributed by atoms with van der Waals surface area (Å²) in [6.45, 7) is 8.63. The fourth-order valence-electron chi connectivity index (χ4n) is 4.45. The number of carbonyl (C=O) groups excluding carboxylic acids is 1. The number of nitrogens with zero attached hydrogens (tertiary/aromatic N) is 1. The molecule has 1 amide bonds. The quantitative estimate of drug-likeness (QED) is 0.225. The van der Waals surface area contributed by atoms with Gasteiger partial charge in [0.15, 0.2) is 0 Å². The lowest BCUT2D eigenvalue weighted by Gasteiger charge is -2.31. The largest absolute Gasteiger partial charge is 0.416 e. The van der Waals surface area contributed by atoms with Crippen molar-refractivity contribution in [1.29, 1.82) is 0 Å². The van der Waals surface area contributed by atoms with Crippen molar-refractivity contribution < 1.29 is 22.4 Å². The Bertz CT molecular complexity index is 1490. The molecule has 1 aromatic heterocycles. The van der Waals surface area contributed by atoms with Gasteiger partial charge in [0.1, 0.15) is 0 Å². The van der Waals surface area contributed by atoms with Crippen LogP contribution in [-0.2, 0) is 10.6 Å². The first-order valence-corrected chi connectivity index (χ1v) is 14.6. The van der Waals surface area contributed by atoms with E-state index in [2.05, 4.69) is 55.3 Å². The lowest BCUT2D eigenvalue weighted by molar-refractivity contribution is -0.137. The minimum atomic E-state index is -4.44. The number of rotatable bonds is 8. The Morgan fingerprint density at radius 1 is 0.951 bits per heavy atom. The van der Waals surface area contributed by atoms with E-state index in [0.717, 1.165) is 28.4 Å². The van der Waals surface area contributed by atoms with Gasteiger partial charge >= 0.3 is 6.18 Å². The van der Waals surface area contributed by atoms with Crippen molar-refractivity contribution in [3.63, 3.8) is 0 Å². The molecule has 0 saturated heterocycles. The van der Waals surface area contributed by atoms with Gasteiger partial charge in [-0.2, -0.15) is 13.2 Å². The minimum absolute atomic E-state index is 0.134. The molecule has 0 aliphatic carbocycles. The second kappa shape index (κ2) is 12.3. The Kier molecular flexibility index (Phi) is 8.99. The van der Waals surface area contributed by atoms with E-state index in [4.69, 9.17) is 10.2 Å². The van der Waals surface area contributed by atoms with Gasteiger partial charge in [-0.25, -0.2) is 0 Å². The number of amides is 1. The summed E-state index contributed by atoms with van der Waals surface area (Å²) in [5.41, 5.74) is 8.70. The highest BCUT2D eigenvalue weighted by molar-refractivity contribution is 6.71. The summed E-state index contributed by atoms with van der Waals surface area (Å²) in [5, 5.41) is 3.97. The topological polar surface area (TPSA) is 77.2 Å². The van der Waals surface area contributed by atoms with Gasteiger partial charge in [-0.1, -0.05) is 87.5 Å². The van der Waals surface area contributed by atoms with E-state index in [0.29, 0.717) is 11.3 Å². The second-order valence-corrected chi connectivity index (χ2v) is 13.9. The number of nitrogens with two attached hydrogens (primary N) is 1. The van der Waals surface area contributed by atoms with Crippen LogP contribution in [0.3, 0.4) is 0 Å². The van der Waals surface area contributed by atoms with Crippen LogP contribution < -0.4 is 16.2 Å². The molecule has 0 fully saturated rings. The second-order valence-electron chi connectivity index (χ2n) is 10.9. The molecule has 1 unspecified atom stereocenters. The molecule has 41 heavy (non-hydrogen) atoms. The molecule has 0 aliphatic rings. The number of pyridine rings is 1. The number of halogens is 3. The zero-order valence-electron chi connectivity index (χ0n) is 23.4. The number of hydrogen-bond acceptors (Lipinski definition) is 4. The highest BCUT2D eigenvalue weighted by Crippen LogP contribution is 2.32. The molecule has 0 aliphatic heterocycles. The zero-order chi connectivity index (χ0) is 29.8. The van der Waals surface area contributed by atoms with Gasteiger partial charge in [-0.05, 0) is 46.5 Å². The SMILES string of the molecule is CC(CO[Si](c1ccccc1-c1ccccc1)C(C)(C)C)NC(=O)c1cc(-c2ccc(C(F)(F)F)cc2)ncc1N. The summed E-state index contributed by atoms with van der Waals surface area (Å²) < 4.78 is 45.4. The summed E-state index contributed by atoms with van der Waals surface area (Å²) in [7, 11) is -1.54. The van der Waals surface area contributed by atoms with E-state index in [1.54, 1.807) is 0 Å². The van der Waals surface area contributed by atoms with Crippen LogP contribution in [0.4, 0.5) is 18.9 Å². The van der Waals surface area contributed by atoms with E-state index < -0.39 is 26.7 Å². The molecule has 3 aromatic carbocycles. The number of benzene rings is 3. The van der Waals surface area contributed by atoms with Gasteiger partial charge in [0.25, 0.3) is 14.9 Å². The van der Waals surface area contributed by atoms with E-state index in [-0.39, 0.29) is 28.9 Å². The highest BCUT2D eigenvalue weighted by atomic mass is 28.3. The average molecular weight is 577 g/mol. The molecule has 1 radical (unpaired) electrons. The van der Waals surface area contributed by atoms with Crippen LogP contribution >= 0.6 is 0 Å². The van der Waals surface area contributed by atoms with Crippen molar-refractivity contribution in [2.75, 3.05) is 12.3 Å². The maximum absolute atomic E-state index is 13.2. The summed E-state index contributed by atoms with van der Waals surface area (Å²) in [6, 6.07) is 24.2. The summed E-state index contributed by atoms with van der Waals surface area (Å²) >= 11 is 0. The standard InChI is InChI=1S/C32H33F3N3O2Si/c1-21(20-40-41(31(2,3)4)29-13-9-8-12-25(29)22-10-6-5-7-11-22)38-30(39)26-18-28(37-19-27(26)36)23-14-16-24(17-15-23)32(33,34)35/h5-19,21H,20,36H2,1-4H3,(H,38,39). The van der Waals surface area contributed by atoms with Crippen LogP contribution in [0, 0.1) is 0 Å². The molecular formula is C32H33F3N3O2Si. The zero-order valence-corrected chi connectivity index (χ0v) is 24.4. The van der Waals surface area contributed by atoms with Crippen molar-refractivity contribution in [3.05, 3.63) is 102 Å². The fourth-order valence-corrected chi connectivity index (χ4v) is 6.98. The van der Waals surface area contributed by atoms with Crippen LogP contribution in [0.2, 0.25) is 5.04 Å². The van der Waals surface area contributed by atoms with Crippen LogP contribution in [0.1, 0.15) is 43.6 Å². The number of nitrogen functional groups attached to an aromatic ring is 1. The lowest BCUT2D eigenvalue weighted by atomic mass is 10.1. The molecule has 3 N–H and O–H groups in total. The highest BCUT2D eigenvalue weighted by Gasteiger charge is 2.34. The smallest absolute Gasteiger partial charge is 0.409 e. The number of anilines is 1. The summed E-state index contributed by atoms with van der Waals surface area (Å²) in [4.78, 5) is 17.4. The first-order valence-electron chi connectivity index (χ1n) is 13.2. The predicted molar refractivity (Wildman–Crippen MR) is 159 cm³/mol. The molecule has 4 aromatic rings. The van der Waals surface area contributed by atoms with Gasteiger partial charge in [0.05, 0.1) is 35.3 Å². The first-order chi connectivity index (χ1) is 19.3. The molecule has 0 bridgehead atoms. The number of aromatic nitrogens is 1. The third kappa shape index (κ3) is 7.42. The predicted octanol–water partition coefficient (Wildman–Crippen LogP) is 6.85. The number of carbonyl (C=O) groups is 1. The van der Waals surface area contributed by atoms with Crippen LogP contribution in [0.5, 0.6) is 0 Å². The molecule has 0 saturated carbocycles. The Morgan fingerprint density at radius 2 is 1.59 bits per heavy atom. The Labute approximate surface area is 240 Å². The van der Waals surface area contributed by atoms with Crippen LogP contribution in [0.25, 0.3) is 22.4 Å². The van der Waals surface area contributed by atoms with Crippen molar-refractivity contribution in [2.45, 2.75) is 45.0 Å². The molecule has 5 nitrogen and oxygen atoms in total. The monoisotopic (exact) mass is 576 g/mol. The molecule has 4 rings (SSSR count). The third-order valence-electron chi connectivity index (χ3n) is 6.48. The van der Waals surface area contributed by atoms with Gasteiger partial charge in [0.2, 0.25) is 0 Å². The molecule has 1 atom stereocenters. The Hall–Kier alpha value is -3.95. The Balaban J connectivity index is 1.49. The number of nitrogens with one attached hydrogen (secondary N) is 1. The first kappa shape index (κ1) is 30.0. The number of alkyl halides is 3. The van der Waals surface area contributed by atoms with E-state index in [9.17, 15) is 18.0 Å². The molecule has 0 spiro atoms.